The molecule has 2 bridgehead atoms. The summed E-state index contributed by atoms with van der Waals surface area (Å²) in [4.78, 5) is 33.7. The molecule has 0 unspecified atom stereocenters. The molecular formula is C17H20N2O5. The van der Waals surface area contributed by atoms with E-state index in [2.05, 4.69) is 5.32 Å². The highest BCUT2D eigenvalue weighted by molar-refractivity contribution is 5.92. The second kappa shape index (κ2) is 6.98. The summed E-state index contributed by atoms with van der Waals surface area (Å²) in [5.74, 6) is 1.06. The number of nitro groups is 1. The Bertz CT molecular complexity index is 643. The second-order valence-electron chi connectivity index (χ2n) is 6.65. The Morgan fingerprint density at radius 3 is 2.54 bits per heavy atom. The van der Waals surface area contributed by atoms with Gasteiger partial charge in [0.2, 0.25) is 0 Å². The quantitative estimate of drug-likeness (QED) is 0.490. The zero-order valence-corrected chi connectivity index (χ0v) is 13.3. The summed E-state index contributed by atoms with van der Waals surface area (Å²) in [5.41, 5.74) is 0.375. The summed E-state index contributed by atoms with van der Waals surface area (Å²) >= 11 is 0. The van der Waals surface area contributed by atoms with Crippen LogP contribution in [0.1, 0.15) is 32.1 Å². The lowest BCUT2D eigenvalue weighted by Gasteiger charge is -2.20. The third-order valence-corrected chi connectivity index (χ3v) is 5.04. The predicted molar refractivity (Wildman–Crippen MR) is 86.2 cm³/mol. The van der Waals surface area contributed by atoms with Crippen LogP contribution in [0, 0.1) is 27.9 Å². The molecule has 7 nitrogen and oxygen atoms in total. The van der Waals surface area contributed by atoms with E-state index < -0.39 is 10.8 Å². The molecule has 0 heterocycles. The molecule has 2 aliphatic rings. The normalized spacial score (nSPS) is 24.6. The number of amides is 1. The summed E-state index contributed by atoms with van der Waals surface area (Å²) in [6.07, 6.45) is 5.23. The van der Waals surface area contributed by atoms with E-state index in [9.17, 15) is 19.7 Å². The van der Waals surface area contributed by atoms with Crippen LogP contribution in [-0.2, 0) is 14.3 Å². The van der Waals surface area contributed by atoms with Crippen molar-refractivity contribution in [1.82, 2.24) is 0 Å². The predicted octanol–water partition coefficient (Wildman–Crippen LogP) is 2.90. The first-order valence-electron chi connectivity index (χ1n) is 8.21. The number of nitrogens with zero attached hydrogens (tertiary/aromatic N) is 1. The number of carbonyl (C=O) groups is 2. The lowest BCUT2D eigenvalue weighted by Crippen LogP contribution is -2.23. The number of fused-ring (bicyclic) bond motifs is 2. The Morgan fingerprint density at radius 2 is 1.96 bits per heavy atom. The minimum Gasteiger partial charge on any atom is -0.456 e. The van der Waals surface area contributed by atoms with Gasteiger partial charge in [-0.3, -0.25) is 19.7 Å². The third-order valence-electron chi connectivity index (χ3n) is 5.04. The molecule has 1 N–H and O–H groups in total. The van der Waals surface area contributed by atoms with E-state index >= 15 is 0 Å². The Kier molecular flexibility index (Phi) is 4.78. The van der Waals surface area contributed by atoms with Crippen molar-refractivity contribution >= 4 is 23.3 Å². The Hall–Kier alpha value is -2.44. The zero-order chi connectivity index (χ0) is 17.1. The van der Waals surface area contributed by atoms with Crippen molar-refractivity contribution in [2.75, 3.05) is 11.9 Å². The Labute approximate surface area is 139 Å². The highest BCUT2D eigenvalue weighted by atomic mass is 16.6. The van der Waals surface area contributed by atoms with Gasteiger partial charge in [0, 0.05) is 24.2 Å². The maximum Gasteiger partial charge on any atom is 0.306 e. The summed E-state index contributed by atoms with van der Waals surface area (Å²) in [6.45, 7) is -0.337. The van der Waals surface area contributed by atoms with Crippen molar-refractivity contribution in [3.63, 3.8) is 0 Å². The molecule has 3 rings (SSSR count). The zero-order valence-electron chi connectivity index (χ0n) is 13.3. The number of anilines is 1. The number of hydrogen-bond acceptors (Lipinski definition) is 5. The smallest absolute Gasteiger partial charge is 0.306 e. The minimum atomic E-state index is -0.511. The van der Waals surface area contributed by atoms with Crippen LogP contribution < -0.4 is 5.32 Å². The van der Waals surface area contributed by atoms with Crippen LogP contribution in [-0.4, -0.2) is 23.4 Å². The van der Waals surface area contributed by atoms with Crippen LogP contribution in [0.5, 0.6) is 0 Å². The second-order valence-corrected chi connectivity index (χ2v) is 6.65. The molecule has 2 aliphatic carbocycles. The summed E-state index contributed by atoms with van der Waals surface area (Å²) < 4.78 is 5.05. The van der Waals surface area contributed by atoms with Crippen molar-refractivity contribution in [1.29, 1.82) is 0 Å². The standard InChI is InChI=1S/C17H20N2O5/c20-16(18-14-3-5-15(6-4-14)19(22)23)10-24-17(21)9-13-8-11-1-2-12(13)7-11/h3-6,11-13H,1-2,7-10H2,(H,18,20)/t11-,12+,13-/m0/s1. The number of ether oxygens (including phenoxy) is 1. The molecule has 1 amide bonds. The van der Waals surface area contributed by atoms with Gasteiger partial charge in [-0.25, -0.2) is 0 Å². The van der Waals surface area contributed by atoms with Gasteiger partial charge in [0.1, 0.15) is 0 Å². The molecule has 0 radical (unpaired) electrons. The molecule has 1 aromatic rings. The van der Waals surface area contributed by atoms with E-state index in [1.54, 1.807) is 0 Å². The number of hydrogen-bond donors (Lipinski definition) is 1. The molecule has 0 saturated heterocycles. The molecule has 0 spiro atoms. The fraction of sp³-hybridized carbons (Fsp3) is 0.529. The average molecular weight is 332 g/mol. The van der Waals surface area contributed by atoms with Crippen LogP contribution in [0.15, 0.2) is 24.3 Å². The third kappa shape index (κ3) is 3.90. The number of non-ortho nitro benzene ring substituents is 1. The maximum atomic E-state index is 11.9. The van der Waals surface area contributed by atoms with Crippen LogP contribution in [0.2, 0.25) is 0 Å². The molecule has 0 aliphatic heterocycles. The number of rotatable bonds is 6. The van der Waals surface area contributed by atoms with Gasteiger partial charge in [0.25, 0.3) is 11.6 Å². The van der Waals surface area contributed by atoms with Crippen molar-refractivity contribution in [3.8, 4) is 0 Å². The van der Waals surface area contributed by atoms with Crippen LogP contribution in [0.4, 0.5) is 11.4 Å². The largest absolute Gasteiger partial charge is 0.456 e. The molecule has 2 fully saturated rings. The van der Waals surface area contributed by atoms with Crippen molar-refractivity contribution in [3.05, 3.63) is 34.4 Å². The molecular weight excluding hydrogens is 312 g/mol. The number of nitro benzene ring substituents is 1. The van der Waals surface area contributed by atoms with Crippen molar-refractivity contribution < 1.29 is 19.2 Å². The van der Waals surface area contributed by atoms with E-state index in [0.29, 0.717) is 23.9 Å². The van der Waals surface area contributed by atoms with Crippen LogP contribution in [0.3, 0.4) is 0 Å². The summed E-state index contributed by atoms with van der Waals surface area (Å²) in [6, 6.07) is 5.48. The van der Waals surface area contributed by atoms with E-state index in [-0.39, 0.29) is 18.3 Å². The number of carbonyl (C=O) groups excluding carboxylic acids is 2. The number of benzene rings is 1. The molecule has 0 aromatic heterocycles. The molecule has 128 valence electrons. The van der Waals surface area contributed by atoms with Gasteiger partial charge in [-0.1, -0.05) is 6.42 Å². The monoisotopic (exact) mass is 332 g/mol. The Balaban J connectivity index is 1.40. The fourth-order valence-corrected chi connectivity index (χ4v) is 3.91. The average Bonchev–Trinajstić information content (AvgIpc) is 3.16. The van der Waals surface area contributed by atoms with Gasteiger partial charge in [-0.05, 0) is 49.1 Å². The first-order valence-corrected chi connectivity index (χ1v) is 8.21. The minimum absolute atomic E-state index is 0.0507. The SMILES string of the molecule is O=C(COC(=O)C[C@@H]1C[C@H]2CC[C@@H]1C2)Nc1ccc([N+](=O)[O-])cc1. The van der Waals surface area contributed by atoms with E-state index in [1.165, 1.54) is 43.5 Å². The topological polar surface area (TPSA) is 98.5 Å². The molecule has 1 aromatic carbocycles. The van der Waals surface area contributed by atoms with Gasteiger partial charge in [0.05, 0.1) is 4.92 Å². The van der Waals surface area contributed by atoms with Crippen LogP contribution in [0.25, 0.3) is 0 Å². The summed E-state index contributed by atoms with van der Waals surface area (Å²) in [7, 11) is 0. The summed E-state index contributed by atoms with van der Waals surface area (Å²) in [5, 5.41) is 13.1. The lowest BCUT2D eigenvalue weighted by atomic mass is 9.86. The highest BCUT2D eigenvalue weighted by Crippen LogP contribution is 2.49. The molecule has 2 saturated carbocycles. The van der Waals surface area contributed by atoms with Crippen molar-refractivity contribution in [2.45, 2.75) is 32.1 Å². The number of esters is 1. The van der Waals surface area contributed by atoms with Crippen molar-refractivity contribution in [2.24, 2.45) is 17.8 Å². The molecule has 3 atom stereocenters. The maximum absolute atomic E-state index is 11.9. The van der Waals surface area contributed by atoms with E-state index in [0.717, 1.165) is 12.3 Å². The fourth-order valence-electron chi connectivity index (χ4n) is 3.91. The molecule has 24 heavy (non-hydrogen) atoms. The Morgan fingerprint density at radius 1 is 1.21 bits per heavy atom. The first-order chi connectivity index (χ1) is 11.5. The van der Waals surface area contributed by atoms with E-state index in [1.807, 2.05) is 0 Å². The number of nitrogens with one attached hydrogen (secondary N) is 1. The lowest BCUT2D eigenvalue weighted by molar-refractivity contribution is -0.384. The van der Waals surface area contributed by atoms with E-state index in [4.69, 9.17) is 4.74 Å². The highest BCUT2D eigenvalue weighted by Gasteiger charge is 2.40. The van der Waals surface area contributed by atoms with Gasteiger partial charge < -0.3 is 10.1 Å². The van der Waals surface area contributed by atoms with Gasteiger partial charge in [0.15, 0.2) is 6.61 Å². The van der Waals surface area contributed by atoms with Gasteiger partial charge >= 0.3 is 5.97 Å². The van der Waals surface area contributed by atoms with Gasteiger partial charge in [-0.15, -0.1) is 0 Å². The first kappa shape index (κ1) is 16.4. The van der Waals surface area contributed by atoms with Gasteiger partial charge in [-0.2, -0.15) is 0 Å². The molecule has 7 heteroatoms. The van der Waals surface area contributed by atoms with Crippen LogP contribution >= 0.6 is 0 Å².